The fraction of sp³-hybridized carbons (Fsp3) is 0.278. The minimum absolute atomic E-state index is 0.135. The second-order valence-corrected chi connectivity index (χ2v) is 5.75. The zero-order valence-corrected chi connectivity index (χ0v) is 13.9. The monoisotopic (exact) mass is 335 g/mol. The molecule has 2 aromatic rings. The predicted molar refractivity (Wildman–Crippen MR) is 90.7 cm³/mol. The first-order valence-corrected chi connectivity index (χ1v) is 7.85. The van der Waals surface area contributed by atoms with Crippen molar-refractivity contribution >= 4 is 23.2 Å². The molecule has 0 fully saturated rings. The Kier molecular flexibility index (Phi) is 5.99. The molecule has 2 rings (SSSR count). The van der Waals surface area contributed by atoms with Crippen molar-refractivity contribution in [3.63, 3.8) is 0 Å². The van der Waals surface area contributed by atoms with E-state index in [2.05, 4.69) is 19.2 Å². The van der Waals surface area contributed by atoms with Crippen molar-refractivity contribution in [2.75, 3.05) is 11.9 Å². The fourth-order valence-electron chi connectivity index (χ4n) is 2.06. The zero-order valence-electron chi connectivity index (χ0n) is 13.1. The lowest BCUT2D eigenvalue weighted by Crippen LogP contribution is -2.20. The molecule has 0 saturated heterocycles. The van der Waals surface area contributed by atoms with Crippen molar-refractivity contribution in [3.05, 3.63) is 58.9 Å². The van der Waals surface area contributed by atoms with Crippen molar-refractivity contribution in [1.82, 2.24) is 0 Å². The number of hydrogen-bond acceptors (Lipinski definition) is 2. The average molecular weight is 336 g/mol. The summed E-state index contributed by atoms with van der Waals surface area (Å²) in [7, 11) is 0. The van der Waals surface area contributed by atoms with Crippen LogP contribution in [0.1, 0.15) is 31.7 Å². The van der Waals surface area contributed by atoms with Crippen molar-refractivity contribution in [2.45, 2.75) is 26.2 Å². The van der Waals surface area contributed by atoms with Gasteiger partial charge in [0.1, 0.15) is 11.6 Å². The normalized spacial score (nSPS) is 11.8. The molecule has 5 heteroatoms. The van der Waals surface area contributed by atoms with E-state index in [9.17, 15) is 9.18 Å². The molecule has 1 amide bonds. The first kappa shape index (κ1) is 17.3. The summed E-state index contributed by atoms with van der Waals surface area (Å²) < 4.78 is 18.2. The summed E-state index contributed by atoms with van der Waals surface area (Å²) in [6.07, 6.45) is 1.07. The number of carbonyl (C=O) groups is 1. The highest BCUT2D eigenvalue weighted by atomic mass is 35.5. The Morgan fingerprint density at radius 3 is 2.57 bits per heavy atom. The van der Waals surface area contributed by atoms with Crippen LogP contribution in [0, 0.1) is 5.82 Å². The molecule has 0 unspecified atom stereocenters. The van der Waals surface area contributed by atoms with Gasteiger partial charge < -0.3 is 10.1 Å². The van der Waals surface area contributed by atoms with Gasteiger partial charge in [-0.15, -0.1) is 0 Å². The second-order valence-electron chi connectivity index (χ2n) is 5.34. The van der Waals surface area contributed by atoms with E-state index in [1.165, 1.54) is 17.7 Å². The molecule has 122 valence electrons. The summed E-state index contributed by atoms with van der Waals surface area (Å²) in [4.78, 5) is 11.9. The smallest absolute Gasteiger partial charge is 0.262 e. The number of anilines is 1. The number of hydrogen-bond donors (Lipinski definition) is 1. The van der Waals surface area contributed by atoms with E-state index < -0.39 is 5.82 Å². The third kappa shape index (κ3) is 4.96. The van der Waals surface area contributed by atoms with Crippen molar-refractivity contribution in [2.24, 2.45) is 0 Å². The van der Waals surface area contributed by atoms with Gasteiger partial charge in [-0.1, -0.05) is 37.6 Å². The van der Waals surface area contributed by atoms with E-state index in [1.807, 2.05) is 24.3 Å². The molecular formula is C18H19ClFNO2. The van der Waals surface area contributed by atoms with Crippen molar-refractivity contribution < 1.29 is 13.9 Å². The molecule has 2 aromatic carbocycles. The van der Waals surface area contributed by atoms with E-state index >= 15 is 0 Å². The quantitative estimate of drug-likeness (QED) is 0.805. The van der Waals surface area contributed by atoms with Crippen LogP contribution in [-0.4, -0.2) is 12.5 Å². The number of nitrogens with one attached hydrogen (secondary N) is 1. The van der Waals surface area contributed by atoms with Gasteiger partial charge in [-0.2, -0.15) is 0 Å². The van der Waals surface area contributed by atoms with Crippen molar-refractivity contribution in [3.8, 4) is 5.75 Å². The Labute approximate surface area is 140 Å². The Bertz CT molecular complexity index is 673. The molecule has 0 aliphatic heterocycles. The second kappa shape index (κ2) is 7.97. The number of rotatable bonds is 6. The predicted octanol–water partition coefficient (Wildman–Crippen LogP) is 5.01. The molecule has 1 N–H and O–H groups in total. The summed E-state index contributed by atoms with van der Waals surface area (Å²) in [5.74, 6) is 0.00826. The van der Waals surface area contributed by atoms with Gasteiger partial charge in [-0.3, -0.25) is 4.79 Å². The molecule has 0 aromatic heterocycles. The molecule has 0 saturated carbocycles. The molecule has 0 aliphatic rings. The molecule has 23 heavy (non-hydrogen) atoms. The van der Waals surface area contributed by atoms with Gasteiger partial charge in [-0.05, 0) is 48.2 Å². The summed E-state index contributed by atoms with van der Waals surface area (Å²) >= 11 is 5.84. The topological polar surface area (TPSA) is 38.3 Å². The minimum Gasteiger partial charge on any atom is -0.482 e. The lowest BCUT2D eigenvalue weighted by molar-refractivity contribution is -0.118. The van der Waals surface area contributed by atoms with Crippen LogP contribution in [0.15, 0.2) is 42.5 Å². The standard InChI is InChI=1S/C18H19ClFNO2/c1-3-12(2)13-4-7-15(8-5-13)21-18(22)11-23-17-9-6-14(20)10-16(17)19/h4-10,12H,3,11H2,1-2H3,(H,21,22)/t12-/m1/s1. The Balaban J connectivity index is 1.89. The average Bonchev–Trinajstić information content (AvgIpc) is 2.54. The van der Waals surface area contributed by atoms with Gasteiger partial charge in [0.15, 0.2) is 6.61 Å². The Morgan fingerprint density at radius 1 is 1.26 bits per heavy atom. The first-order chi connectivity index (χ1) is 11.0. The number of amides is 1. The molecular weight excluding hydrogens is 317 g/mol. The third-order valence-corrected chi connectivity index (χ3v) is 3.92. The van der Waals surface area contributed by atoms with Crippen LogP contribution in [0.25, 0.3) is 0 Å². The number of benzene rings is 2. The lowest BCUT2D eigenvalue weighted by atomic mass is 9.99. The summed E-state index contributed by atoms with van der Waals surface area (Å²) in [5.41, 5.74) is 1.94. The maximum atomic E-state index is 12.9. The van der Waals surface area contributed by atoms with Gasteiger partial charge in [0, 0.05) is 5.69 Å². The van der Waals surface area contributed by atoms with Gasteiger partial charge >= 0.3 is 0 Å². The molecule has 0 radical (unpaired) electrons. The fourth-order valence-corrected chi connectivity index (χ4v) is 2.29. The maximum Gasteiger partial charge on any atom is 0.262 e. The van der Waals surface area contributed by atoms with E-state index in [4.69, 9.17) is 16.3 Å². The number of halogens is 2. The highest BCUT2D eigenvalue weighted by Crippen LogP contribution is 2.25. The number of carbonyl (C=O) groups excluding carboxylic acids is 1. The van der Waals surface area contributed by atoms with E-state index in [0.29, 0.717) is 11.6 Å². The SMILES string of the molecule is CC[C@@H](C)c1ccc(NC(=O)COc2ccc(F)cc2Cl)cc1. The molecule has 0 aliphatic carbocycles. The van der Waals surface area contributed by atoms with Crippen LogP contribution in [-0.2, 0) is 4.79 Å². The summed E-state index contributed by atoms with van der Waals surface area (Å²) in [6.45, 7) is 4.10. The third-order valence-electron chi connectivity index (χ3n) is 3.63. The molecule has 0 heterocycles. The van der Waals surface area contributed by atoms with Crippen LogP contribution < -0.4 is 10.1 Å². The van der Waals surface area contributed by atoms with E-state index in [0.717, 1.165) is 12.5 Å². The maximum absolute atomic E-state index is 12.9. The van der Waals surface area contributed by atoms with Crippen LogP contribution in [0.4, 0.5) is 10.1 Å². The highest BCUT2D eigenvalue weighted by molar-refractivity contribution is 6.32. The van der Waals surface area contributed by atoms with Gasteiger partial charge in [-0.25, -0.2) is 4.39 Å². The van der Waals surface area contributed by atoms with Crippen LogP contribution in [0.2, 0.25) is 5.02 Å². The largest absolute Gasteiger partial charge is 0.482 e. The van der Waals surface area contributed by atoms with Crippen LogP contribution in [0.5, 0.6) is 5.75 Å². The van der Waals surface area contributed by atoms with Crippen LogP contribution >= 0.6 is 11.6 Å². The van der Waals surface area contributed by atoms with Gasteiger partial charge in [0.25, 0.3) is 5.91 Å². The van der Waals surface area contributed by atoms with Gasteiger partial charge in [0.05, 0.1) is 5.02 Å². The zero-order chi connectivity index (χ0) is 16.8. The molecule has 1 atom stereocenters. The lowest BCUT2D eigenvalue weighted by Gasteiger charge is -2.11. The number of ether oxygens (including phenoxy) is 1. The van der Waals surface area contributed by atoms with E-state index in [1.54, 1.807) is 0 Å². The Hall–Kier alpha value is -2.07. The van der Waals surface area contributed by atoms with Crippen molar-refractivity contribution in [1.29, 1.82) is 0 Å². The van der Waals surface area contributed by atoms with Crippen LogP contribution in [0.3, 0.4) is 0 Å². The summed E-state index contributed by atoms with van der Waals surface area (Å²) in [5, 5.41) is 2.88. The summed E-state index contributed by atoms with van der Waals surface area (Å²) in [6, 6.07) is 11.5. The van der Waals surface area contributed by atoms with Gasteiger partial charge in [0.2, 0.25) is 0 Å². The van der Waals surface area contributed by atoms with E-state index in [-0.39, 0.29) is 23.3 Å². The first-order valence-electron chi connectivity index (χ1n) is 7.47. The molecule has 0 bridgehead atoms. The Morgan fingerprint density at radius 2 is 1.96 bits per heavy atom. The highest BCUT2D eigenvalue weighted by Gasteiger charge is 2.08. The molecule has 0 spiro atoms. The molecule has 3 nitrogen and oxygen atoms in total. The minimum atomic E-state index is -0.451.